The van der Waals surface area contributed by atoms with Gasteiger partial charge >= 0.3 is 5.97 Å². The molecule has 0 atom stereocenters. The maximum Gasteiger partial charge on any atom is 0.359 e. The molecule has 3 rings (SSSR count). The highest BCUT2D eigenvalue weighted by molar-refractivity contribution is 6.02. The first-order chi connectivity index (χ1) is 9.31. The molecule has 1 aromatic carbocycles. The monoisotopic (exact) mass is 258 g/mol. The molecule has 0 aliphatic heterocycles. The molecule has 1 aromatic heterocycles. The summed E-state index contributed by atoms with van der Waals surface area (Å²) in [5.74, 6) is -0.356. The lowest BCUT2D eigenvalue weighted by Gasteiger charge is -2.22. The van der Waals surface area contributed by atoms with Crippen LogP contribution in [0.15, 0.2) is 24.3 Å². The molecule has 1 aliphatic carbocycles. The Morgan fingerprint density at radius 2 is 2.00 bits per heavy atom. The minimum atomic E-state index is -0.356. The van der Waals surface area contributed by atoms with E-state index in [1.54, 1.807) is 0 Å². The molecule has 0 unspecified atom stereocenters. The zero-order chi connectivity index (χ0) is 13.2. The largest absolute Gasteiger partial charge is 0.464 e. The molecule has 1 fully saturated rings. The zero-order valence-electron chi connectivity index (χ0n) is 11.1. The third-order valence-corrected chi connectivity index (χ3v) is 3.91. The lowest BCUT2D eigenvalue weighted by Crippen LogP contribution is -2.15. The van der Waals surface area contributed by atoms with E-state index in [4.69, 9.17) is 4.74 Å². The molecule has 1 heterocycles. The highest BCUT2D eigenvalue weighted by atomic mass is 16.5. The van der Waals surface area contributed by atoms with Crippen molar-refractivity contribution in [2.24, 2.45) is 0 Å². The lowest BCUT2D eigenvalue weighted by molar-refractivity contribution is 0.0594. The Hall–Kier alpha value is -1.84. The summed E-state index contributed by atoms with van der Waals surface area (Å²) in [5.41, 5.74) is 1.47. The number of aromatic nitrogens is 2. The van der Waals surface area contributed by atoms with Gasteiger partial charge in [0.25, 0.3) is 0 Å². The number of benzene rings is 1. The quantitative estimate of drug-likeness (QED) is 0.776. The average Bonchev–Trinajstić information content (AvgIpc) is 2.87. The number of para-hydroxylation sites is 1. The second kappa shape index (κ2) is 5.03. The number of carbonyl (C=O) groups excluding carboxylic acids is 1. The minimum Gasteiger partial charge on any atom is -0.464 e. The van der Waals surface area contributed by atoms with E-state index in [0.29, 0.717) is 11.7 Å². The maximum atomic E-state index is 11.8. The van der Waals surface area contributed by atoms with Crippen LogP contribution in [0.2, 0.25) is 0 Å². The van der Waals surface area contributed by atoms with Crippen molar-refractivity contribution >= 4 is 16.9 Å². The predicted octanol–water partition coefficient (Wildman–Crippen LogP) is 3.33. The lowest BCUT2D eigenvalue weighted by atomic mass is 9.95. The second-order valence-electron chi connectivity index (χ2n) is 5.09. The number of nitrogens with zero attached hydrogens (tertiary/aromatic N) is 2. The van der Waals surface area contributed by atoms with Gasteiger partial charge in [-0.3, -0.25) is 4.68 Å². The van der Waals surface area contributed by atoms with E-state index < -0.39 is 0 Å². The van der Waals surface area contributed by atoms with Crippen LogP contribution >= 0.6 is 0 Å². The summed E-state index contributed by atoms with van der Waals surface area (Å²) in [6.45, 7) is 0. The van der Waals surface area contributed by atoms with Gasteiger partial charge in [0.2, 0.25) is 0 Å². The van der Waals surface area contributed by atoms with Gasteiger partial charge in [0, 0.05) is 5.39 Å². The van der Waals surface area contributed by atoms with Crippen molar-refractivity contribution in [3.8, 4) is 0 Å². The Balaban J connectivity index is 2.11. The van der Waals surface area contributed by atoms with E-state index in [1.165, 1.54) is 26.4 Å². The number of esters is 1. The summed E-state index contributed by atoms with van der Waals surface area (Å²) in [6.07, 6.45) is 6.08. The fraction of sp³-hybridized carbons (Fsp3) is 0.467. The van der Waals surface area contributed by atoms with E-state index in [0.717, 1.165) is 23.7 Å². The van der Waals surface area contributed by atoms with Crippen molar-refractivity contribution in [1.29, 1.82) is 0 Å². The van der Waals surface area contributed by atoms with Crippen molar-refractivity contribution < 1.29 is 9.53 Å². The SMILES string of the molecule is COC(=O)c1nn(C2CCCCC2)c2ccccc12. The third-order valence-electron chi connectivity index (χ3n) is 3.91. The topological polar surface area (TPSA) is 44.1 Å². The molecule has 0 amide bonds. The molecule has 0 bridgehead atoms. The van der Waals surface area contributed by atoms with Crippen LogP contribution in [0.4, 0.5) is 0 Å². The van der Waals surface area contributed by atoms with E-state index in [9.17, 15) is 4.79 Å². The van der Waals surface area contributed by atoms with E-state index in [2.05, 4.69) is 5.10 Å². The van der Waals surface area contributed by atoms with Crippen LogP contribution in [0.25, 0.3) is 10.9 Å². The van der Waals surface area contributed by atoms with Gasteiger partial charge in [0.1, 0.15) is 0 Å². The number of ether oxygens (including phenoxy) is 1. The summed E-state index contributed by atoms with van der Waals surface area (Å²) in [5, 5.41) is 5.41. The molecule has 1 saturated carbocycles. The smallest absolute Gasteiger partial charge is 0.359 e. The Labute approximate surface area is 112 Å². The molecular formula is C15H18N2O2. The standard InChI is InChI=1S/C15H18N2O2/c1-19-15(18)14-12-9-5-6-10-13(12)17(16-14)11-7-3-2-4-8-11/h5-6,9-11H,2-4,7-8H2,1H3. The van der Waals surface area contributed by atoms with Crippen LogP contribution < -0.4 is 0 Å². The van der Waals surface area contributed by atoms with Crippen LogP contribution in [0.5, 0.6) is 0 Å². The molecule has 1 aliphatic rings. The molecule has 0 radical (unpaired) electrons. The van der Waals surface area contributed by atoms with Gasteiger partial charge in [0.05, 0.1) is 18.7 Å². The number of carbonyl (C=O) groups is 1. The van der Waals surface area contributed by atoms with Gasteiger partial charge in [-0.2, -0.15) is 5.10 Å². The fourth-order valence-corrected chi connectivity index (χ4v) is 2.94. The molecule has 100 valence electrons. The Bertz CT molecular complexity index is 597. The molecule has 0 saturated heterocycles. The van der Waals surface area contributed by atoms with Gasteiger partial charge in [-0.15, -0.1) is 0 Å². The fourth-order valence-electron chi connectivity index (χ4n) is 2.94. The van der Waals surface area contributed by atoms with Crippen LogP contribution in [0, 0.1) is 0 Å². The van der Waals surface area contributed by atoms with E-state index in [-0.39, 0.29) is 5.97 Å². The second-order valence-corrected chi connectivity index (χ2v) is 5.09. The Morgan fingerprint density at radius 3 is 2.74 bits per heavy atom. The van der Waals surface area contributed by atoms with Crippen LogP contribution in [-0.4, -0.2) is 22.9 Å². The molecule has 2 aromatic rings. The van der Waals surface area contributed by atoms with Gasteiger partial charge in [0.15, 0.2) is 5.69 Å². The number of methoxy groups -OCH3 is 1. The number of hydrogen-bond donors (Lipinski definition) is 0. The number of fused-ring (bicyclic) bond motifs is 1. The van der Waals surface area contributed by atoms with E-state index in [1.807, 2.05) is 28.9 Å². The molecule has 19 heavy (non-hydrogen) atoms. The number of hydrogen-bond acceptors (Lipinski definition) is 3. The average molecular weight is 258 g/mol. The predicted molar refractivity (Wildman–Crippen MR) is 73.2 cm³/mol. The minimum absolute atomic E-state index is 0.356. The van der Waals surface area contributed by atoms with Gasteiger partial charge in [-0.1, -0.05) is 37.5 Å². The van der Waals surface area contributed by atoms with Crippen LogP contribution in [-0.2, 0) is 4.74 Å². The first kappa shape index (κ1) is 12.2. The molecular weight excluding hydrogens is 240 g/mol. The van der Waals surface area contributed by atoms with Crippen molar-refractivity contribution in [1.82, 2.24) is 9.78 Å². The summed E-state index contributed by atoms with van der Waals surface area (Å²) >= 11 is 0. The van der Waals surface area contributed by atoms with E-state index >= 15 is 0 Å². The van der Waals surface area contributed by atoms with Crippen LogP contribution in [0.1, 0.15) is 48.6 Å². The summed E-state index contributed by atoms with van der Waals surface area (Å²) in [7, 11) is 1.40. The molecule has 0 spiro atoms. The molecule has 4 nitrogen and oxygen atoms in total. The van der Waals surface area contributed by atoms with Crippen molar-refractivity contribution in [3.05, 3.63) is 30.0 Å². The summed E-state index contributed by atoms with van der Waals surface area (Å²) in [4.78, 5) is 11.8. The first-order valence-corrected chi connectivity index (χ1v) is 6.87. The first-order valence-electron chi connectivity index (χ1n) is 6.87. The highest BCUT2D eigenvalue weighted by Gasteiger charge is 2.23. The summed E-state index contributed by atoms with van der Waals surface area (Å²) in [6, 6.07) is 8.31. The van der Waals surface area contributed by atoms with Gasteiger partial charge in [-0.05, 0) is 18.9 Å². The maximum absolute atomic E-state index is 11.8. The van der Waals surface area contributed by atoms with Crippen molar-refractivity contribution in [2.45, 2.75) is 38.1 Å². The Kier molecular flexibility index (Phi) is 3.23. The Morgan fingerprint density at radius 1 is 1.26 bits per heavy atom. The van der Waals surface area contributed by atoms with Gasteiger partial charge in [-0.25, -0.2) is 4.79 Å². The molecule has 4 heteroatoms. The zero-order valence-corrected chi connectivity index (χ0v) is 11.1. The number of rotatable bonds is 2. The van der Waals surface area contributed by atoms with Gasteiger partial charge < -0.3 is 4.74 Å². The molecule has 0 N–H and O–H groups in total. The van der Waals surface area contributed by atoms with Crippen LogP contribution in [0.3, 0.4) is 0 Å². The van der Waals surface area contributed by atoms with Crippen molar-refractivity contribution in [3.63, 3.8) is 0 Å². The van der Waals surface area contributed by atoms with Crippen molar-refractivity contribution in [2.75, 3.05) is 7.11 Å². The normalized spacial score (nSPS) is 16.7. The summed E-state index contributed by atoms with van der Waals surface area (Å²) < 4.78 is 6.86. The third kappa shape index (κ3) is 2.11. The highest BCUT2D eigenvalue weighted by Crippen LogP contribution is 2.31.